The highest BCUT2D eigenvalue weighted by Gasteiger charge is 2.25. The second-order valence-electron chi connectivity index (χ2n) is 4.00. The first-order chi connectivity index (χ1) is 8.85. The fourth-order valence-corrected chi connectivity index (χ4v) is 1.40. The number of aromatic nitrogens is 4. The normalized spacial score (nSPS) is 14.2. The summed E-state index contributed by atoms with van der Waals surface area (Å²) < 4.78 is 5.56. The molecular weight excluding hydrogens is 234 g/mol. The SMILES string of the molecule is O=Cc1cnc(Nc2cn[nH]c2)nc1OC1CC1. The van der Waals surface area contributed by atoms with Crippen molar-refractivity contribution in [3.63, 3.8) is 0 Å². The highest BCUT2D eigenvalue weighted by molar-refractivity contribution is 5.78. The van der Waals surface area contributed by atoms with E-state index in [2.05, 4.69) is 25.5 Å². The van der Waals surface area contributed by atoms with E-state index in [0.717, 1.165) is 18.5 Å². The molecule has 3 rings (SSSR count). The lowest BCUT2D eigenvalue weighted by atomic mass is 10.3. The molecule has 1 aliphatic rings. The Morgan fingerprint density at radius 3 is 3.00 bits per heavy atom. The molecule has 1 aliphatic carbocycles. The lowest BCUT2D eigenvalue weighted by Crippen LogP contribution is -2.05. The fourth-order valence-electron chi connectivity index (χ4n) is 1.40. The van der Waals surface area contributed by atoms with Crippen molar-refractivity contribution in [1.82, 2.24) is 20.2 Å². The van der Waals surface area contributed by atoms with Gasteiger partial charge in [-0.3, -0.25) is 9.89 Å². The van der Waals surface area contributed by atoms with Gasteiger partial charge in [-0.25, -0.2) is 4.98 Å². The van der Waals surface area contributed by atoms with Crippen LogP contribution < -0.4 is 10.1 Å². The Kier molecular flexibility index (Phi) is 2.64. The van der Waals surface area contributed by atoms with Crippen LogP contribution in [0.5, 0.6) is 5.88 Å². The Bertz CT molecular complexity index is 551. The van der Waals surface area contributed by atoms with Crippen molar-refractivity contribution in [2.45, 2.75) is 18.9 Å². The van der Waals surface area contributed by atoms with E-state index in [1.54, 1.807) is 12.4 Å². The number of anilines is 2. The van der Waals surface area contributed by atoms with Crippen LogP contribution in [0.25, 0.3) is 0 Å². The molecule has 7 heteroatoms. The Labute approximate surface area is 103 Å². The van der Waals surface area contributed by atoms with Gasteiger partial charge < -0.3 is 10.1 Å². The minimum absolute atomic E-state index is 0.181. The lowest BCUT2D eigenvalue weighted by Gasteiger charge is -2.07. The van der Waals surface area contributed by atoms with E-state index in [0.29, 0.717) is 23.7 Å². The zero-order valence-corrected chi connectivity index (χ0v) is 9.46. The third kappa shape index (κ3) is 2.29. The van der Waals surface area contributed by atoms with Crippen LogP contribution in [0.1, 0.15) is 23.2 Å². The average molecular weight is 245 g/mol. The van der Waals surface area contributed by atoms with E-state index in [9.17, 15) is 4.79 Å². The molecule has 2 N–H and O–H groups in total. The van der Waals surface area contributed by atoms with Crippen molar-refractivity contribution in [2.75, 3.05) is 5.32 Å². The van der Waals surface area contributed by atoms with Gasteiger partial charge in [0.15, 0.2) is 6.29 Å². The van der Waals surface area contributed by atoms with Crippen LogP contribution in [0.4, 0.5) is 11.6 Å². The molecule has 0 aromatic carbocycles. The summed E-state index contributed by atoms with van der Waals surface area (Å²) in [6.45, 7) is 0. The molecule has 1 fully saturated rings. The van der Waals surface area contributed by atoms with E-state index in [4.69, 9.17) is 4.74 Å². The predicted molar refractivity (Wildman–Crippen MR) is 62.9 cm³/mol. The summed E-state index contributed by atoms with van der Waals surface area (Å²) in [4.78, 5) is 19.1. The largest absolute Gasteiger partial charge is 0.474 e. The predicted octanol–water partition coefficient (Wildman–Crippen LogP) is 1.30. The summed E-state index contributed by atoms with van der Waals surface area (Å²) in [5.74, 6) is 0.700. The number of hydrogen-bond donors (Lipinski definition) is 2. The first-order valence-corrected chi connectivity index (χ1v) is 5.60. The van der Waals surface area contributed by atoms with Crippen LogP contribution in [0.2, 0.25) is 0 Å². The Balaban J connectivity index is 1.83. The molecular formula is C11H11N5O2. The van der Waals surface area contributed by atoms with Crippen molar-refractivity contribution < 1.29 is 9.53 Å². The molecule has 0 radical (unpaired) electrons. The molecule has 0 unspecified atom stereocenters. The van der Waals surface area contributed by atoms with Crippen LogP contribution in [0.3, 0.4) is 0 Å². The monoisotopic (exact) mass is 245 g/mol. The fraction of sp³-hybridized carbons (Fsp3) is 0.273. The Morgan fingerprint density at radius 1 is 1.44 bits per heavy atom. The maximum Gasteiger partial charge on any atom is 0.230 e. The smallest absolute Gasteiger partial charge is 0.230 e. The maximum atomic E-state index is 10.9. The molecule has 0 spiro atoms. The van der Waals surface area contributed by atoms with Crippen molar-refractivity contribution in [3.8, 4) is 5.88 Å². The van der Waals surface area contributed by atoms with E-state index in [-0.39, 0.29) is 6.10 Å². The average Bonchev–Trinajstić information content (AvgIpc) is 3.04. The van der Waals surface area contributed by atoms with Gasteiger partial charge in [0.25, 0.3) is 0 Å². The van der Waals surface area contributed by atoms with Gasteiger partial charge >= 0.3 is 0 Å². The summed E-state index contributed by atoms with van der Waals surface area (Å²) in [7, 11) is 0. The number of nitrogens with zero attached hydrogens (tertiary/aromatic N) is 3. The zero-order valence-electron chi connectivity index (χ0n) is 9.46. The van der Waals surface area contributed by atoms with Gasteiger partial charge in [-0.1, -0.05) is 0 Å². The molecule has 0 atom stereocenters. The van der Waals surface area contributed by atoms with Gasteiger partial charge in [-0.2, -0.15) is 10.1 Å². The quantitative estimate of drug-likeness (QED) is 0.771. The number of nitrogens with one attached hydrogen (secondary N) is 2. The van der Waals surface area contributed by atoms with Gasteiger partial charge in [0.1, 0.15) is 6.10 Å². The van der Waals surface area contributed by atoms with Crippen LogP contribution >= 0.6 is 0 Å². The number of H-pyrrole nitrogens is 1. The number of aldehydes is 1. The molecule has 2 heterocycles. The van der Waals surface area contributed by atoms with Gasteiger partial charge in [0, 0.05) is 12.4 Å². The Hall–Kier alpha value is -2.44. The molecule has 2 aromatic rings. The molecule has 0 aliphatic heterocycles. The summed E-state index contributed by atoms with van der Waals surface area (Å²) in [5.41, 5.74) is 1.10. The van der Waals surface area contributed by atoms with Crippen LogP contribution in [0.15, 0.2) is 18.6 Å². The number of carbonyl (C=O) groups is 1. The second-order valence-corrected chi connectivity index (χ2v) is 4.00. The van der Waals surface area contributed by atoms with Crippen molar-refractivity contribution in [2.24, 2.45) is 0 Å². The molecule has 0 bridgehead atoms. The third-order valence-corrected chi connectivity index (χ3v) is 2.46. The highest BCUT2D eigenvalue weighted by Crippen LogP contribution is 2.27. The van der Waals surface area contributed by atoms with E-state index in [1.165, 1.54) is 6.20 Å². The molecule has 92 valence electrons. The second kappa shape index (κ2) is 4.44. The highest BCUT2D eigenvalue weighted by atomic mass is 16.5. The van der Waals surface area contributed by atoms with Gasteiger partial charge in [-0.05, 0) is 12.8 Å². The number of hydrogen-bond acceptors (Lipinski definition) is 6. The number of ether oxygens (including phenoxy) is 1. The lowest BCUT2D eigenvalue weighted by molar-refractivity contribution is 0.111. The molecule has 1 saturated carbocycles. The topological polar surface area (TPSA) is 92.8 Å². The first kappa shape index (κ1) is 10.7. The Morgan fingerprint density at radius 2 is 2.33 bits per heavy atom. The van der Waals surface area contributed by atoms with Crippen molar-refractivity contribution >= 4 is 17.9 Å². The van der Waals surface area contributed by atoms with Gasteiger partial charge in [0.2, 0.25) is 11.8 Å². The van der Waals surface area contributed by atoms with Crippen molar-refractivity contribution in [1.29, 1.82) is 0 Å². The minimum atomic E-state index is 0.181. The van der Waals surface area contributed by atoms with Crippen LogP contribution in [-0.2, 0) is 0 Å². The van der Waals surface area contributed by atoms with Gasteiger partial charge in [0.05, 0.1) is 17.4 Å². The van der Waals surface area contributed by atoms with Gasteiger partial charge in [-0.15, -0.1) is 0 Å². The summed E-state index contributed by atoms with van der Waals surface area (Å²) in [6, 6.07) is 0. The first-order valence-electron chi connectivity index (χ1n) is 5.60. The number of carbonyl (C=O) groups excluding carboxylic acids is 1. The summed E-state index contributed by atoms with van der Waals surface area (Å²) in [6.07, 6.45) is 7.62. The molecule has 7 nitrogen and oxygen atoms in total. The number of aromatic amines is 1. The van der Waals surface area contributed by atoms with Crippen LogP contribution in [-0.4, -0.2) is 32.6 Å². The van der Waals surface area contributed by atoms with E-state index >= 15 is 0 Å². The molecule has 0 amide bonds. The zero-order chi connectivity index (χ0) is 12.4. The number of rotatable bonds is 5. The van der Waals surface area contributed by atoms with E-state index in [1.807, 2.05) is 0 Å². The summed E-state index contributed by atoms with van der Waals surface area (Å²) in [5, 5.41) is 9.43. The minimum Gasteiger partial charge on any atom is -0.474 e. The third-order valence-electron chi connectivity index (χ3n) is 2.46. The molecule has 18 heavy (non-hydrogen) atoms. The van der Waals surface area contributed by atoms with Crippen molar-refractivity contribution in [3.05, 3.63) is 24.2 Å². The maximum absolute atomic E-state index is 10.9. The molecule has 2 aromatic heterocycles. The standard InChI is InChI=1S/C11H11N5O2/c17-6-7-3-12-11(15-8-4-13-14-5-8)16-10(7)18-9-1-2-9/h3-6,9H,1-2H2,(H,13,14)(H,12,15,16). The van der Waals surface area contributed by atoms with Crippen LogP contribution in [0, 0.1) is 0 Å². The van der Waals surface area contributed by atoms with E-state index < -0.39 is 0 Å². The molecule has 0 saturated heterocycles. The summed E-state index contributed by atoms with van der Waals surface area (Å²) >= 11 is 0.